The van der Waals surface area contributed by atoms with Crippen LogP contribution in [0.3, 0.4) is 0 Å². The molecule has 0 aromatic heterocycles. The third kappa shape index (κ3) is 1.47. The van der Waals surface area contributed by atoms with Crippen molar-refractivity contribution in [2.75, 3.05) is 0 Å². The Kier molecular flexibility index (Phi) is 2.40. The molecule has 0 saturated heterocycles. The SMILES string of the molecule is CCCc1ccccc1C1(C=O)CC1. The highest BCUT2D eigenvalue weighted by Crippen LogP contribution is 2.47. The van der Waals surface area contributed by atoms with E-state index in [0.717, 1.165) is 32.0 Å². The summed E-state index contributed by atoms with van der Waals surface area (Å²) in [6, 6.07) is 8.38. The van der Waals surface area contributed by atoms with Crippen molar-refractivity contribution in [3.63, 3.8) is 0 Å². The highest BCUT2D eigenvalue weighted by Gasteiger charge is 2.45. The maximum atomic E-state index is 11.0. The molecule has 0 heterocycles. The Morgan fingerprint density at radius 3 is 2.64 bits per heavy atom. The fourth-order valence-electron chi connectivity index (χ4n) is 2.08. The summed E-state index contributed by atoms with van der Waals surface area (Å²) in [6.07, 6.45) is 5.45. The minimum atomic E-state index is -0.105. The van der Waals surface area contributed by atoms with Gasteiger partial charge >= 0.3 is 0 Å². The fourth-order valence-corrected chi connectivity index (χ4v) is 2.08. The van der Waals surface area contributed by atoms with E-state index in [0.29, 0.717) is 0 Å². The van der Waals surface area contributed by atoms with Crippen LogP contribution in [0.2, 0.25) is 0 Å². The Morgan fingerprint density at radius 1 is 1.36 bits per heavy atom. The van der Waals surface area contributed by atoms with Crippen LogP contribution in [0, 0.1) is 0 Å². The van der Waals surface area contributed by atoms with E-state index in [1.807, 2.05) is 6.07 Å². The van der Waals surface area contributed by atoms with Gasteiger partial charge in [-0.15, -0.1) is 0 Å². The molecule has 1 aliphatic carbocycles. The Hall–Kier alpha value is -1.11. The second-order valence-electron chi connectivity index (χ2n) is 4.18. The Labute approximate surface area is 85.1 Å². The number of rotatable bonds is 4. The minimum absolute atomic E-state index is 0.105. The second kappa shape index (κ2) is 3.56. The molecule has 1 nitrogen and oxygen atoms in total. The number of hydrogen-bond donors (Lipinski definition) is 0. The quantitative estimate of drug-likeness (QED) is 0.664. The van der Waals surface area contributed by atoms with Crippen LogP contribution < -0.4 is 0 Å². The Bertz CT molecular complexity index is 337. The molecule has 1 aromatic rings. The third-order valence-electron chi connectivity index (χ3n) is 3.09. The first kappa shape index (κ1) is 9.45. The van der Waals surface area contributed by atoms with Gasteiger partial charge < -0.3 is 4.79 Å². The van der Waals surface area contributed by atoms with Crippen LogP contribution in [-0.2, 0) is 16.6 Å². The molecule has 0 atom stereocenters. The van der Waals surface area contributed by atoms with Gasteiger partial charge in [0, 0.05) is 0 Å². The van der Waals surface area contributed by atoms with Crippen molar-refractivity contribution in [3.05, 3.63) is 35.4 Å². The smallest absolute Gasteiger partial charge is 0.130 e. The van der Waals surface area contributed by atoms with Gasteiger partial charge in [-0.3, -0.25) is 0 Å². The van der Waals surface area contributed by atoms with E-state index < -0.39 is 0 Å². The first-order valence-electron chi connectivity index (χ1n) is 5.37. The number of aryl methyl sites for hydroxylation is 1. The average molecular weight is 188 g/mol. The van der Waals surface area contributed by atoms with E-state index in [9.17, 15) is 4.79 Å². The molecule has 1 aromatic carbocycles. The topological polar surface area (TPSA) is 17.1 Å². The molecule has 1 fully saturated rings. The standard InChI is InChI=1S/C13H16O/c1-2-5-11-6-3-4-7-12(11)13(10-14)8-9-13/h3-4,6-7,10H,2,5,8-9H2,1H3. The van der Waals surface area contributed by atoms with Crippen molar-refractivity contribution in [2.24, 2.45) is 0 Å². The zero-order chi connectivity index (χ0) is 10.0. The Balaban J connectivity index is 2.36. The molecular formula is C13H16O. The van der Waals surface area contributed by atoms with Gasteiger partial charge in [0.1, 0.15) is 6.29 Å². The molecule has 0 unspecified atom stereocenters. The highest BCUT2D eigenvalue weighted by molar-refractivity contribution is 5.74. The lowest BCUT2D eigenvalue weighted by molar-refractivity contribution is -0.109. The lowest BCUT2D eigenvalue weighted by Crippen LogP contribution is -2.10. The zero-order valence-corrected chi connectivity index (χ0v) is 8.62. The lowest BCUT2D eigenvalue weighted by Gasteiger charge is -2.13. The van der Waals surface area contributed by atoms with Crippen LogP contribution in [0.15, 0.2) is 24.3 Å². The summed E-state index contributed by atoms with van der Waals surface area (Å²) in [6.45, 7) is 2.18. The first-order valence-corrected chi connectivity index (χ1v) is 5.37. The zero-order valence-electron chi connectivity index (χ0n) is 8.62. The molecule has 0 bridgehead atoms. The minimum Gasteiger partial charge on any atom is -0.302 e. The van der Waals surface area contributed by atoms with Crippen LogP contribution >= 0.6 is 0 Å². The fraction of sp³-hybridized carbons (Fsp3) is 0.462. The molecule has 1 saturated carbocycles. The van der Waals surface area contributed by atoms with E-state index in [2.05, 4.69) is 25.1 Å². The van der Waals surface area contributed by atoms with Gasteiger partial charge in [0.05, 0.1) is 5.41 Å². The molecule has 74 valence electrons. The van der Waals surface area contributed by atoms with Gasteiger partial charge in [-0.1, -0.05) is 37.6 Å². The van der Waals surface area contributed by atoms with Crippen molar-refractivity contribution < 1.29 is 4.79 Å². The molecule has 1 aliphatic rings. The van der Waals surface area contributed by atoms with E-state index in [1.165, 1.54) is 11.1 Å². The number of benzene rings is 1. The highest BCUT2D eigenvalue weighted by atomic mass is 16.1. The molecule has 0 amide bonds. The summed E-state index contributed by atoms with van der Waals surface area (Å²) >= 11 is 0. The number of aldehydes is 1. The molecule has 0 aliphatic heterocycles. The monoisotopic (exact) mass is 188 g/mol. The predicted octanol–water partition coefficient (Wildman–Crippen LogP) is 2.87. The molecule has 0 radical (unpaired) electrons. The molecule has 14 heavy (non-hydrogen) atoms. The first-order chi connectivity index (χ1) is 6.82. The van der Waals surface area contributed by atoms with Crippen LogP contribution in [-0.4, -0.2) is 6.29 Å². The summed E-state index contributed by atoms with van der Waals surface area (Å²) < 4.78 is 0. The summed E-state index contributed by atoms with van der Waals surface area (Å²) in [7, 11) is 0. The van der Waals surface area contributed by atoms with Crippen LogP contribution in [0.5, 0.6) is 0 Å². The second-order valence-corrected chi connectivity index (χ2v) is 4.18. The van der Waals surface area contributed by atoms with Crippen molar-refractivity contribution in [2.45, 2.75) is 38.0 Å². The molecule has 1 heteroatoms. The lowest BCUT2D eigenvalue weighted by atomic mass is 9.91. The van der Waals surface area contributed by atoms with Gasteiger partial charge in [0.2, 0.25) is 0 Å². The van der Waals surface area contributed by atoms with Crippen molar-refractivity contribution in [1.29, 1.82) is 0 Å². The molecule has 0 spiro atoms. The molecular weight excluding hydrogens is 172 g/mol. The summed E-state index contributed by atoms with van der Waals surface area (Å²) in [4.78, 5) is 11.0. The molecule has 2 rings (SSSR count). The van der Waals surface area contributed by atoms with E-state index >= 15 is 0 Å². The maximum absolute atomic E-state index is 11.0. The predicted molar refractivity (Wildman–Crippen MR) is 57.4 cm³/mol. The van der Waals surface area contributed by atoms with Crippen LogP contribution in [0.4, 0.5) is 0 Å². The Morgan fingerprint density at radius 2 is 2.07 bits per heavy atom. The van der Waals surface area contributed by atoms with Crippen LogP contribution in [0.1, 0.15) is 37.3 Å². The summed E-state index contributed by atoms with van der Waals surface area (Å²) in [5.74, 6) is 0. The van der Waals surface area contributed by atoms with Gasteiger partial charge in [-0.2, -0.15) is 0 Å². The van der Waals surface area contributed by atoms with Gasteiger partial charge in [0.25, 0.3) is 0 Å². The molecule has 0 N–H and O–H groups in total. The third-order valence-corrected chi connectivity index (χ3v) is 3.09. The van der Waals surface area contributed by atoms with E-state index in [-0.39, 0.29) is 5.41 Å². The van der Waals surface area contributed by atoms with Gasteiger partial charge in [0.15, 0.2) is 0 Å². The largest absolute Gasteiger partial charge is 0.302 e. The summed E-state index contributed by atoms with van der Waals surface area (Å²) in [5.41, 5.74) is 2.53. The van der Waals surface area contributed by atoms with Crippen LogP contribution in [0.25, 0.3) is 0 Å². The number of hydrogen-bond acceptors (Lipinski definition) is 1. The van der Waals surface area contributed by atoms with E-state index in [4.69, 9.17) is 0 Å². The number of carbonyl (C=O) groups excluding carboxylic acids is 1. The average Bonchev–Trinajstić information content (AvgIpc) is 3.00. The van der Waals surface area contributed by atoms with Crippen molar-refractivity contribution in [3.8, 4) is 0 Å². The van der Waals surface area contributed by atoms with Crippen molar-refractivity contribution in [1.82, 2.24) is 0 Å². The van der Waals surface area contributed by atoms with E-state index in [1.54, 1.807) is 0 Å². The summed E-state index contributed by atoms with van der Waals surface area (Å²) in [5, 5.41) is 0. The van der Waals surface area contributed by atoms with Crippen molar-refractivity contribution >= 4 is 6.29 Å². The normalized spacial score (nSPS) is 17.8. The maximum Gasteiger partial charge on any atom is 0.130 e. The van der Waals surface area contributed by atoms with Gasteiger partial charge in [-0.05, 0) is 30.4 Å². The number of carbonyl (C=O) groups is 1. The van der Waals surface area contributed by atoms with Gasteiger partial charge in [-0.25, -0.2) is 0 Å².